The fraction of sp³-hybridized carbons (Fsp3) is 0.417. The second-order valence-corrected chi connectivity index (χ2v) is 9.58. The van der Waals surface area contributed by atoms with Crippen LogP contribution < -0.4 is 0 Å². The van der Waals surface area contributed by atoms with E-state index in [1.165, 1.54) is 0 Å². The van der Waals surface area contributed by atoms with Crippen molar-refractivity contribution in [2.24, 2.45) is 16.7 Å². The van der Waals surface area contributed by atoms with Gasteiger partial charge in [0.15, 0.2) is 0 Å². The van der Waals surface area contributed by atoms with Gasteiger partial charge in [-0.1, -0.05) is 96.1 Å². The second kappa shape index (κ2) is 8.27. The molecule has 0 heterocycles. The Hall–Kier alpha value is -2.82. The van der Waals surface area contributed by atoms with Crippen LogP contribution in [0.25, 0.3) is 11.1 Å². The number of carboxylic acid groups (broad SMARTS) is 2. The number of hydrogen-bond acceptors (Lipinski definition) is 2. The zero-order chi connectivity index (χ0) is 22.0. The minimum atomic E-state index is -1.46. The van der Waals surface area contributed by atoms with Gasteiger partial charge < -0.3 is 10.2 Å². The fourth-order valence-corrected chi connectivity index (χ4v) is 4.56. The molecule has 2 rings (SSSR count). The number of hydrogen-bond donors (Lipinski definition) is 2. The molecule has 0 spiro atoms. The summed E-state index contributed by atoms with van der Waals surface area (Å²) in [6.07, 6.45) is -2.93. The van der Waals surface area contributed by atoms with Crippen LogP contribution in [0.1, 0.15) is 53.1 Å². The standard InChI is InChI=1S/C24H31NO4/c1-23(2,3)20(24(4,5)6)19(25(21(26)27)22(28)29)18-14-12-17(13-15-18)16-10-8-7-9-11-16/h7-15,19-20H,1-6H3,(H,26,27)(H,28,29). The molecule has 0 fully saturated rings. The van der Waals surface area contributed by atoms with E-state index in [1.54, 1.807) is 0 Å². The van der Waals surface area contributed by atoms with Crippen LogP contribution in [0.15, 0.2) is 54.6 Å². The predicted octanol–water partition coefficient (Wildman–Crippen LogP) is 6.76. The van der Waals surface area contributed by atoms with Crippen LogP contribution in [-0.2, 0) is 0 Å². The van der Waals surface area contributed by atoms with Crippen LogP contribution in [0, 0.1) is 16.7 Å². The second-order valence-electron chi connectivity index (χ2n) is 9.58. The average molecular weight is 398 g/mol. The first-order valence-corrected chi connectivity index (χ1v) is 9.74. The maximum Gasteiger partial charge on any atom is 0.417 e. The normalized spacial score (nSPS) is 13.2. The smallest absolute Gasteiger partial charge is 0.417 e. The summed E-state index contributed by atoms with van der Waals surface area (Å²) in [7, 11) is 0. The Kier molecular flexibility index (Phi) is 6.41. The van der Waals surface area contributed by atoms with Gasteiger partial charge in [0.25, 0.3) is 0 Å². The number of rotatable bonds is 4. The van der Waals surface area contributed by atoms with E-state index in [9.17, 15) is 19.8 Å². The first-order chi connectivity index (χ1) is 13.3. The molecular formula is C24H31NO4. The Labute approximate surface area is 173 Å². The topological polar surface area (TPSA) is 77.8 Å². The fourth-order valence-electron chi connectivity index (χ4n) is 4.56. The van der Waals surface area contributed by atoms with Gasteiger partial charge in [0, 0.05) is 0 Å². The Morgan fingerprint density at radius 3 is 1.52 bits per heavy atom. The lowest BCUT2D eigenvalue weighted by molar-refractivity contribution is 0.0105. The first-order valence-electron chi connectivity index (χ1n) is 9.74. The Morgan fingerprint density at radius 1 is 0.724 bits per heavy atom. The van der Waals surface area contributed by atoms with Crippen molar-refractivity contribution in [3.8, 4) is 11.1 Å². The van der Waals surface area contributed by atoms with Crippen molar-refractivity contribution < 1.29 is 19.8 Å². The van der Waals surface area contributed by atoms with Crippen LogP contribution in [0.4, 0.5) is 9.59 Å². The zero-order valence-corrected chi connectivity index (χ0v) is 18.0. The van der Waals surface area contributed by atoms with E-state index in [-0.39, 0.29) is 16.7 Å². The van der Waals surface area contributed by atoms with Crippen molar-refractivity contribution in [1.29, 1.82) is 0 Å². The lowest BCUT2D eigenvalue weighted by Gasteiger charge is -2.47. The van der Waals surface area contributed by atoms with Crippen LogP contribution in [0.3, 0.4) is 0 Å². The molecule has 0 saturated carbocycles. The van der Waals surface area contributed by atoms with Gasteiger partial charge in [0.05, 0.1) is 6.04 Å². The molecule has 0 aliphatic carbocycles. The summed E-state index contributed by atoms with van der Waals surface area (Å²) in [5.41, 5.74) is 2.05. The molecule has 5 heteroatoms. The van der Waals surface area contributed by atoms with Crippen molar-refractivity contribution in [2.45, 2.75) is 47.6 Å². The van der Waals surface area contributed by atoms with Crippen LogP contribution in [0.5, 0.6) is 0 Å². The molecule has 1 atom stereocenters. The van der Waals surface area contributed by atoms with E-state index in [0.717, 1.165) is 11.1 Å². The van der Waals surface area contributed by atoms with Gasteiger partial charge in [-0.05, 0) is 33.4 Å². The summed E-state index contributed by atoms with van der Waals surface area (Å²) in [5.74, 6) is -0.246. The molecule has 29 heavy (non-hydrogen) atoms. The molecule has 0 aliphatic heterocycles. The Morgan fingerprint density at radius 2 is 1.14 bits per heavy atom. The van der Waals surface area contributed by atoms with E-state index >= 15 is 0 Å². The highest BCUT2D eigenvalue weighted by molar-refractivity contribution is 5.86. The van der Waals surface area contributed by atoms with Crippen LogP contribution >= 0.6 is 0 Å². The van der Waals surface area contributed by atoms with Crippen molar-refractivity contribution in [3.63, 3.8) is 0 Å². The maximum absolute atomic E-state index is 11.9. The van der Waals surface area contributed by atoms with Gasteiger partial charge in [-0.2, -0.15) is 0 Å². The Balaban J connectivity index is 2.64. The van der Waals surface area contributed by atoms with E-state index in [0.29, 0.717) is 10.5 Å². The molecule has 0 aliphatic rings. The monoisotopic (exact) mass is 397 g/mol. The summed E-state index contributed by atoms with van der Waals surface area (Å²) in [6.45, 7) is 12.1. The summed E-state index contributed by atoms with van der Waals surface area (Å²) in [4.78, 5) is 24.4. The molecule has 156 valence electrons. The van der Waals surface area contributed by atoms with E-state index in [2.05, 4.69) is 0 Å². The van der Waals surface area contributed by atoms with Crippen molar-refractivity contribution in [1.82, 2.24) is 4.90 Å². The van der Waals surface area contributed by atoms with Crippen molar-refractivity contribution >= 4 is 12.2 Å². The third-order valence-corrected chi connectivity index (χ3v) is 5.23. The highest BCUT2D eigenvalue weighted by Gasteiger charge is 2.47. The van der Waals surface area contributed by atoms with Gasteiger partial charge in [0.1, 0.15) is 0 Å². The molecule has 0 aromatic heterocycles. The SMILES string of the molecule is CC(C)(C)C(C(c1ccc(-c2ccccc2)cc1)N(C(=O)O)C(=O)O)C(C)(C)C. The number of imide groups is 1. The maximum atomic E-state index is 11.9. The highest BCUT2D eigenvalue weighted by atomic mass is 16.4. The quantitative estimate of drug-likeness (QED) is 0.597. The molecule has 2 amide bonds. The molecule has 0 radical (unpaired) electrons. The summed E-state index contributed by atoms with van der Waals surface area (Å²) in [6, 6.07) is 16.6. The van der Waals surface area contributed by atoms with Gasteiger partial charge >= 0.3 is 12.2 Å². The molecule has 0 saturated heterocycles. The van der Waals surface area contributed by atoms with Crippen LogP contribution in [0.2, 0.25) is 0 Å². The number of nitrogens with zero attached hydrogens (tertiary/aromatic N) is 1. The van der Waals surface area contributed by atoms with Gasteiger partial charge in [0.2, 0.25) is 0 Å². The number of benzene rings is 2. The molecule has 2 aromatic carbocycles. The van der Waals surface area contributed by atoms with E-state index in [1.807, 2.05) is 96.1 Å². The lowest BCUT2D eigenvalue weighted by Crippen LogP contribution is -2.48. The molecule has 1 unspecified atom stereocenters. The molecule has 0 bridgehead atoms. The van der Waals surface area contributed by atoms with Crippen molar-refractivity contribution in [3.05, 3.63) is 60.2 Å². The number of amides is 2. The first kappa shape index (κ1) is 22.5. The predicted molar refractivity (Wildman–Crippen MR) is 115 cm³/mol. The summed E-state index contributed by atoms with van der Waals surface area (Å²) >= 11 is 0. The van der Waals surface area contributed by atoms with E-state index in [4.69, 9.17) is 0 Å². The minimum absolute atomic E-state index is 0.246. The third-order valence-electron chi connectivity index (χ3n) is 5.23. The lowest BCUT2D eigenvalue weighted by atomic mass is 9.62. The zero-order valence-electron chi connectivity index (χ0n) is 18.0. The number of carbonyl (C=O) groups is 2. The Bertz CT molecular complexity index is 817. The summed E-state index contributed by atoms with van der Waals surface area (Å²) < 4.78 is 0. The highest BCUT2D eigenvalue weighted by Crippen LogP contribution is 2.50. The van der Waals surface area contributed by atoms with Gasteiger partial charge in [-0.25, -0.2) is 14.5 Å². The largest absolute Gasteiger partial charge is 0.465 e. The van der Waals surface area contributed by atoms with Crippen molar-refractivity contribution in [2.75, 3.05) is 0 Å². The average Bonchev–Trinajstić information content (AvgIpc) is 2.59. The van der Waals surface area contributed by atoms with E-state index < -0.39 is 18.2 Å². The van der Waals surface area contributed by atoms with Gasteiger partial charge in [-0.3, -0.25) is 0 Å². The minimum Gasteiger partial charge on any atom is -0.465 e. The molecule has 5 nitrogen and oxygen atoms in total. The van der Waals surface area contributed by atoms with Gasteiger partial charge in [-0.15, -0.1) is 0 Å². The molecule has 2 aromatic rings. The summed E-state index contributed by atoms with van der Waals surface area (Å²) in [5, 5.41) is 19.5. The van der Waals surface area contributed by atoms with Crippen LogP contribution in [-0.4, -0.2) is 27.3 Å². The molecular weight excluding hydrogens is 366 g/mol. The third kappa shape index (κ3) is 5.17. The molecule has 2 N–H and O–H groups in total.